The number of hydrogen-bond acceptors (Lipinski definition) is 11. The van der Waals surface area contributed by atoms with Crippen LogP contribution in [0.4, 0.5) is 8.78 Å². The molecule has 0 radical (unpaired) electrons. The molecule has 5 N–H and O–H groups in total. The summed E-state index contributed by atoms with van der Waals surface area (Å²) in [6, 6.07) is 0. The van der Waals surface area contributed by atoms with E-state index in [4.69, 9.17) is 9.05 Å². The molecule has 0 saturated heterocycles. The summed E-state index contributed by atoms with van der Waals surface area (Å²) in [5, 5.41) is 47.8. The molecule has 12 nitrogen and oxygen atoms in total. The van der Waals surface area contributed by atoms with Gasteiger partial charge in [-0.2, -0.15) is 0 Å². The van der Waals surface area contributed by atoms with Gasteiger partial charge in [-0.05, 0) is 113 Å². The summed E-state index contributed by atoms with van der Waals surface area (Å²) in [5.74, 6) is -6.78. The molecule has 6 saturated carbocycles. The number of allylic oxidation sites excluding steroid dienone is 8. The number of fused-ring (bicyclic) bond motifs is 10. The Morgan fingerprint density at radius 3 is 1.42 bits per heavy atom. The van der Waals surface area contributed by atoms with Crippen molar-refractivity contribution in [1.29, 1.82) is 0 Å². The maximum Gasteiger partial charge on any atom is 0.473 e. The molecule has 0 aromatic rings. The first kappa shape index (κ1) is 43.1. The van der Waals surface area contributed by atoms with Crippen LogP contribution in [0.2, 0.25) is 0 Å². The standard InChI is InChI=1S/C44H57F2O12P/c1-23-15-31-29-9-7-25-17-27(47)11-13-37(25,3)41(29,45)33(49)19-39(31,5)43(23,53)35(51)21-57-59(55,56)58-22-36(52)44(54)24(2)16-32-30-10-8-26-18-28(48)12-14-38(26,4)42(30,46)34(50)20-40(32,44)6/h11-14,17-18,23-24,29-34,49-50,53-54H,7-10,15-16,19-22H2,1-6H3,(H,55,56)/t23-,24-,29-,30-,31-,32-,33-,34-,37-,38-,39-,40-,41-,42-,43-,44-/m0/s1. The molecule has 59 heavy (non-hydrogen) atoms. The molecule has 324 valence electrons. The number of hydrogen-bond donors (Lipinski definition) is 5. The van der Waals surface area contributed by atoms with Gasteiger partial charge in [-0.25, -0.2) is 13.3 Å². The molecular weight excluding hydrogens is 789 g/mol. The highest BCUT2D eigenvalue weighted by Crippen LogP contribution is 2.72. The minimum atomic E-state index is -5.22. The summed E-state index contributed by atoms with van der Waals surface area (Å²) in [6.45, 7) is 7.56. The Morgan fingerprint density at radius 1 is 0.712 bits per heavy atom. The Balaban J connectivity index is 0.959. The number of Topliss-reactive ketones (excluding diaryl/α,β-unsaturated/α-hetero) is 2. The van der Waals surface area contributed by atoms with Gasteiger partial charge >= 0.3 is 7.82 Å². The van der Waals surface area contributed by atoms with Crippen LogP contribution in [0.3, 0.4) is 0 Å². The maximum atomic E-state index is 17.6. The van der Waals surface area contributed by atoms with Crippen molar-refractivity contribution in [2.24, 2.45) is 57.2 Å². The van der Waals surface area contributed by atoms with Crippen molar-refractivity contribution in [3.05, 3.63) is 47.6 Å². The van der Waals surface area contributed by atoms with E-state index < -0.39 is 125 Å². The topological polar surface area (TPSA) is 205 Å². The second kappa shape index (κ2) is 13.2. The molecule has 8 aliphatic carbocycles. The van der Waals surface area contributed by atoms with Crippen LogP contribution in [-0.2, 0) is 32.8 Å². The van der Waals surface area contributed by atoms with Gasteiger partial charge < -0.3 is 25.3 Å². The average Bonchev–Trinajstić information content (AvgIpc) is 3.49. The highest BCUT2D eigenvalue weighted by atomic mass is 31.2. The Bertz CT molecular complexity index is 1940. The van der Waals surface area contributed by atoms with E-state index in [-0.39, 0.29) is 50.1 Å². The van der Waals surface area contributed by atoms with Gasteiger partial charge in [0.2, 0.25) is 0 Å². The van der Waals surface area contributed by atoms with Gasteiger partial charge in [-0.3, -0.25) is 28.2 Å². The molecule has 0 aromatic heterocycles. The Hall–Kier alpha value is -2.55. The number of phosphoric ester groups is 1. The minimum absolute atomic E-state index is 0.213. The summed E-state index contributed by atoms with van der Waals surface area (Å²) in [7, 11) is -5.22. The Kier molecular flexibility index (Phi) is 9.67. The summed E-state index contributed by atoms with van der Waals surface area (Å²) < 4.78 is 58.6. The lowest BCUT2D eigenvalue weighted by atomic mass is 9.44. The number of carbonyl (C=O) groups excluding carboxylic acids is 4. The largest absolute Gasteiger partial charge is 0.473 e. The van der Waals surface area contributed by atoms with Crippen molar-refractivity contribution < 1.29 is 66.9 Å². The molecular formula is C44H57F2O12P. The fourth-order valence-electron chi connectivity index (χ4n) is 14.8. The zero-order valence-corrected chi connectivity index (χ0v) is 35.3. The number of ketones is 4. The van der Waals surface area contributed by atoms with Crippen LogP contribution in [0.25, 0.3) is 0 Å². The fraction of sp³-hybridized carbons (Fsp3) is 0.727. The van der Waals surface area contributed by atoms with Crippen molar-refractivity contribution in [2.75, 3.05) is 13.2 Å². The van der Waals surface area contributed by atoms with Gasteiger partial charge in [-0.1, -0.05) is 51.0 Å². The van der Waals surface area contributed by atoms with Crippen molar-refractivity contribution in [1.82, 2.24) is 0 Å². The molecule has 8 aliphatic rings. The van der Waals surface area contributed by atoms with Crippen molar-refractivity contribution in [2.45, 2.75) is 128 Å². The Labute approximate surface area is 342 Å². The molecule has 0 heterocycles. The lowest BCUT2D eigenvalue weighted by Gasteiger charge is -2.62. The molecule has 15 heteroatoms. The number of halogens is 2. The van der Waals surface area contributed by atoms with Gasteiger partial charge in [0, 0.05) is 33.5 Å². The quantitative estimate of drug-likeness (QED) is 0.206. The van der Waals surface area contributed by atoms with E-state index in [1.54, 1.807) is 41.5 Å². The maximum absolute atomic E-state index is 17.6. The number of carbonyl (C=O) groups is 4. The van der Waals surface area contributed by atoms with E-state index in [2.05, 4.69) is 0 Å². The van der Waals surface area contributed by atoms with Gasteiger partial charge in [0.05, 0.1) is 12.2 Å². The van der Waals surface area contributed by atoms with Crippen LogP contribution in [0, 0.1) is 57.2 Å². The monoisotopic (exact) mass is 846 g/mol. The molecule has 0 bridgehead atoms. The number of rotatable bonds is 8. The lowest BCUT2D eigenvalue weighted by molar-refractivity contribution is -0.219. The molecule has 0 aromatic carbocycles. The lowest BCUT2D eigenvalue weighted by Crippen LogP contribution is -2.69. The molecule has 0 aliphatic heterocycles. The molecule has 6 fully saturated rings. The van der Waals surface area contributed by atoms with E-state index in [1.165, 1.54) is 36.5 Å². The third-order valence-electron chi connectivity index (χ3n) is 18.0. The van der Waals surface area contributed by atoms with Crippen LogP contribution >= 0.6 is 7.82 Å². The highest BCUT2D eigenvalue weighted by molar-refractivity contribution is 7.47. The SMILES string of the molecule is C[C@H]1C[C@H]2[C@@H]3CCC4=CC(=O)C=C[C@]4(C)[C@@]3(F)[C@@H](O)C[C@]2(C)[C@@]1(O)C(=O)COP(=O)(O)OCC(=O)[C@@]1(O)[C@@H](C)C[C@H]2[C@@H]3CCC4=CC(=O)C=C[C@]4(C)[C@@]3(F)[C@@H](O)C[C@@]21C. The van der Waals surface area contributed by atoms with Crippen molar-refractivity contribution in [3.63, 3.8) is 0 Å². The highest BCUT2D eigenvalue weighted by Gasteiger charge is 2.77. The van der Waals surface area contributed by atoms with E-state index >= 15 is 8.78 Å². The second-order valence-corrected chi connectivity index (χ2v) is 21.7. The third-order valence-corrected chi connectivity index (χ3v) is 18.9. The van der Waals surface area contributed by atoms with Gasteiger partial charge in [-0.15, -0.1) is 0 Å². The van der Waals surface area contributed by atoms with Gasteiger partial charge in [0.1, 0.15) is 24.4 Å². The minimum Gasteiger partial charge on any atom is -0.390 e. The molecule has 8 rings (SSSR count). The normalized spacial score (nSPS) is 51.1. The van der Waals surface area contributed by atoms with Crippen LogP contribution in [-0.4, -0.2) is 96.4 Å². The number of alkyl halides is 2. The number of aliphatic hydroxyl groups is 4. The first-order valence-electron chi connectivity index (χ1n) is 21.0. The second-order valence-electron chi connectivity index (χ2n) is 20.2. The smallest absolute Gasteiger partial charge is 0.390 e. The Morgan fingerprint density at radius 2 is 1.07 bits per heavy atom. The predicted octanol–water partition coefficient (Wildman–Crippen LogP) is 4.95. The zero-order chi connectivity index (χ0) is 43.3. The summed E-state index contributed by atoms with van der Waals surface area (Å²) in [4.78, 5) is 63.2. The van der Waals surface area contributed by atoms with E-state index in [1.807, 2.05) is 0 Å². The average molecular weight is 847 g/mol. The van der Waals surface area contributed by atoms with E-state index in [9.17, 15) is 49.1 Å². The van der Waals surface area contributed by atoms with Crippen LogP contribution < -0.4 is 0 Å². The van der Waals surface area contributed by atoms with Crippen molar-refractivity contribution >= 4 is 31.0 Å². The summed E-state index contributed by atoms with van der Waals surface area (Å²) in [6.07, 6.45) is 6.31. The predicted molar refractivity (Wildman–Crippen MR) is 207 cm³/mol. The zero-order valence-electron chi connectivity index (χ0n) is 34.5. The third kappa shape index (κ3) is 5.27. The van der Waals surface area contributed by atoms with E-state index in [0.717, 1.165) is 0 Å². The number of phosphoric acid groups is 1. The molecule has 0 unspecified atom stereocenters. The van der Waals surface area contributed by atoms with Crippen molar-refractivity contribution in [3.8, 4) is 0 Å². The van der Waals surface area contributed by atoms with E-state index in [0.29, 0.717) is 24.0 Å². The van der Waals surface area contributed by atoms with Gasteiger partial charge in [0.25, 0.3) is 0 Å². The first-order valence-corrected chi connectivity index (χ1v) is 22.5. The van der Waals surface area contributed by atoms with Crippen LogP contribution in [0.1, 0.15) is 92.9 Å². The van der Waals surface area contributed by atoms with Crippen LogP contribution in [0.5, 0.6) is 0 Å². The molecule has 0 spiro atoms. The molecule has 0 amide bonds. The molecule has 16 atom stereocenters. The number of aliphatic hydroxyl groups excluding tert-OH is 2. The van der Waals surface area contributed by atoms with Gasteiger partial charge in [0.15, 0.2) is 34.5 Å². The van der Waals surface area contributed by atoms with Crippen LogP contribution in [0.15, 0.2) is 47.6 Å². The first-order chi connectivity index (χ1) is 27.2. The summed E-state index contributed by atoms with van der Waals surface area (Å²) in [5.41, 5.74) is -13.0. The fourth-order valence-corrected chi connectivity index (χ4v) is 15.5. The summed E-state index contributed by atoms with van der Waals surface area (Å²) >= 11 is 0.